The van der Waals surface area contributed by atoms with Gasteiger partial charge in [0.2, 0.25) is 0 Å². The molecular formula is C13H15NO3. The molecule has 1 aromatic carbocycles. The molecule has 1 saturated heterocycles. The maximum Gasteiger partial charge on any atom is 0.188 e. The van der Waals surface area contributed by atoms with Gasteiger partial charge in [-0.3, -0.25) is 0 Å². The smallest absolute Gasteiger partial charge is 0.188 e. The summed E-state index contributed by atoms with van der Waals surface area (Å²) in [4.78, 5) is 0. The summed E-state index contributed by atoms with van der Waals surface area (Å²) in [5.74, 6) is 0. The second-order valence-corrected chi connectivity index (χ2v) is 4.15. The zero-order chi connectivity index (χ0) is 11.7. The van der Waals surface area contributed by atoms with E-state index in [2.05, 4.69) is 5.32 Å². The largest absolute Gasteiger partial charge is 0.371 e. The van der Waals surface area contributed by atoms with Gasteiger partial charge < -0.3 is 19.5 Å². The SMILES string of the molecule is COC1OC1C1=C(Nc2ccccc2)COC1. The molecule has 2 aliphatic rings. The quantitative estimate of drug-likeness (QED) is 0.805. The number of nitrogens with one attached hydrogen (secondary N) is 1. The summed E-state index contributed by atoms with van der Waals surface area (Å²) in [5, 5.41) is 3.38. The van der Waals surface area contributed by atoms with Crippen LogP contribution in [0.25, 0.3) is 0 Å². The zero-order valence-corrected chi connectivity index (χ0v) is 9.68. The maximum absolute atomic E-state index is 5.46. The van der Waals surface area contributed by atoms with E-state index >= 15 is 0 Å². The number of epoxide rings is 1. The normalized spacial score (nSPS) is 27.4. The Hall–Kier alpha value is -1.36. The van der Waals surface area contributed by atoms with Gasteiger partial charge in [-0.05, 0) is 12.1 Å². The highest BCUT2D eigenvalue weighted by Crippen LogP contribution is 2.34. The van der Waals surface area contributed by atoms with Crippen LogP contribution in [0.1, 0.15) is 0 Å². The van der Waals surface area contributed by atoms with E-state index in [0.717, 1.165) is 11.4 Å². The predicted molar refractivity (Wildman–Crippen MR) is 63.6 cm³/mol. The lowest BCUT2D eigenvalue weighted by atomic mass is 10.1. The number of hydrogen-bond donors (Lipinski definition) is 1. The van der Waals surface area contributed by atoms with Gasteiger partial charge in [-0.25, -0.2) is 0 Å². The fourth-order valence-corrected chi connectivity index (χ4v) is 2.03. The van der Waals surface area contributed by atoms with E-state index < -0.39 is 0 Å². The van der Waals surface area contributed by atoms with Crippen molar-refractivity contribution in [1.82, 2.24) is 0 Å². The van der Waals surface area contributed by atoms with Gasteiger partial charge in [0, 0.05) is 24.1 Å². The predicted octanol–water partition coefficient (Wildman–Crippen LogP) is 1.75. The van der Waals surface area contributed by atoms with Gasteiger partial charge in [-0.2, -0.15) is 0 Å². The van der Waals surface area contributed by atoms with Crippen LogP contribution < -0.4 is 5.32 Å². The molecule has 2 atom stereocenters. The Balaban J connectivity index is 1.75. The summed E-state index contributed by atoms with van der Waals surface area (Å²) in [6.07, 6.45) is -0.0343. The number of anilines is 1. The first kappa shape index (κ1) is 10.8. The van der Waals surface area contributed by atoms with E-state index in [-0.39, 0.29) is 12.4 Å². The van der Waals surface area contributed by atoms with Crippen LogP contribution in [0.4, 0.5) is 5.69 Å². The van der Waals surface area contributed by atoms with Gasteiger partial charge in [0.25, 0.3) is 0 Å². The van der Waals surface area contributed by atoms with Crippen LogP contribution in [0.3, 0.4) is 0 Å². The number of para-hydroxylation sites is 1. The van der Waals surface area contributed by atoms with E-state index in [0.29, 0.717) is 13.2 Å². The number of benzene rings is 1. The van der Waals surface area contributed by atoms with Crippen molar-refractivity contribution >= 4 is 5.69 Å². The van der Waals surface area contributed by atoms with Crippen molar-refractivity contribution in [3.05, 3.63) is 41.6 Å². The summed E-state index contributed by atoms with van der Waals surface area (Å²) in [5.41, 5.74) is 3.33. The van der Waals surface area contributed by atoms with Crippen LogP contribution in [0.5, 0.6) is 0 Å². The van der Waals surface area contributed by atoms with E-state index in [1.165, 1.54) is 5.57 Å². The summed E-state index contributed by atoms with van der Waals surface area (Å²) in [6.45, 7) is 1.24. The van der Waals surface area contributed by atoms with Gasteiger partial charge >= 0.3 is 0 Å². The molecule has 0 aliphatic carbocycles. The summed E-state index contributed by atoms with van der Waals surface area (Å²) < 4.78 is 16.0. The molecule has 1 fully saturated rings. The highest BCUT2D eigenvalue weighted by atomic mass is 16.8. The van der Waals surface area contributed by atoms with Crippen LogP contribution in [0.15, 0.2) is 41.6 Å². The van der Waals surface area contributed by atoms with Crippen molar-refractivity contribution in [3.8, 4) is 0 Å². The molecule has 1 aromatic rings. The van der Waals surface area contributed by atoms with Crippen LogP contribution in [-0.2, 0) is 14.2 Å². The molecule has 17 heavy (non-hydrogen) atoms. The summed E-state index contributed by atoms with van der Waals surface area (Å²) in [6, 6.07) is 10.1. The molecule has 0 amide bonds. The van der Waals surface area contributed by atoms with Crippen molar-refractivity contribution in [2.45, 2.75) is 12.4 Å². The molecule has 2 unspecified atom stereocenters. The first-order valence-electron chi connectivity index (χ1n) is 5.68. The van der Waals surface area contributed by atoms with E-state index in [1.54, 1.807) is 7.11 Å². The van der Waals surface area contributed by atoms with Crippen molar-refractivity contribution in [2.24, 2.45) is 0 Å². The van der Waals surface area contributed by atoms with Crippen molar-refractivity contribution in [3.63, 3.8) is 0 Å². The lowest BCUT2D eigenvalue weighted by molar-refractivity contribution is 0.0950. The minimum Gasteiger partial charge on any atom is -0.371 e. The topological polar surface area (TPSA) is 43.0 Å². The molecule has 0 bridgehead atoms. The third-order valence-electron chi connectivity index (χ3n) is 2.99. The lowest BCUT2D eigenvalue weighted by Crippen LogP contribution is -2.08. The van der Waals surface area contributed by atoms with Gasteiger partial charge in [-0.1, -0.05) is 18.2 Å². The third kappa shape index (κ3) is 2.20. The zero-order valence-electron chi connectivity index (χ0n) is 9.68. The van der Waals surface area contributed by atoms with Crippen LogP contribution in [0, 0.1) is 0 Å². The molecule has 0 aromatic heterocycles. The summed E-state index contributed by atoms with van der Waals surface area (Å²) in [7, 11) is 1.66. The molecular weight excluding hydrogens is 218 g/mol. The fourth-order valence-electron chi connectivity index (χ4n) is 2.03. The molecule has 1 N–H and O–H groups in total. The molecule has 90 valence electrons. The van der Waals surface area contributed by atoms with Crippen LogP contribution in [0.2, 0.25) is 0 Å². The lowest BCUT2D eigenvalue weighted by Gasteiger charge is -2.07. The number of methoxy groups -OCH3 is 1. The monoisotopic (exact) mass is 233 g/mol. The van der Waals surface area contributed by atoms with Crippen LogP contribution in [-0.4, -0.2) is 32.7 Å². The first-order valence-corrected chi connectivity index (χ1v) is 5.68. The second kappa shape index (κ2) is 4.49. The Labute approximate surface area is 100 Å². The van der Waals surface area contributed by atoms with Gasteiger partial charge in [0.1, 0.15) is 6.10 Å². The third-order valence-corrected chi connectivity index (χ3v) is 2.99. The Bertz CT molecular complexity index is 430. The maximum atomic E-state index is 5.46. The van der Waals surface area contributed by atoms with Crippen molar-refractivity contribution in [1.29, 1.82) is 0 Å². The molecule has 2 heterocycles. The Morgan fingerprint density at radius 3 is 2.76 bits per heavy atom. The van der Waals surface area contributed by atoms with Crippen LogP contribution >= 0.6 is 0 Å². The van der Waals surface area contributed by atoms with E-state index in [4.69, 9.17) is 14.2 Å². The number of hydrogen-bond acceptors (Lipinski definition) is 4. The highest BCUT2D eigenvalue weighted by molar-refractivity contribution is 5.50. The minimum absolute atomic E-state index is 0.0636. The van der Waals surface area contributed by atoms with E-state index in [9.17, 15) is 0 Å². The molecule has 4 nitrogen and oxygen atoms in total. The fraction of sp³-hybridized carbons (Fsp3) is 0.385. The van der Waals surface area contributed by atoms with Gasteiger partial charge in [0.15, 0.2) is 6.29 Å². The molecule has 0 radical (unpaired) electrons. The standard InChI is InChI=1S/C13H15NO3/c1-15-13-12(17-13)10-7-16-8-11(10)14-9-5-3-2-4-6-9/h2-6,12-14H,7-8H2,1H3. The number of rotatable bonds is 4. The van der Waals surface area contributed by atoms with Crippen molar-refractivity contribution < 1.29 is 14.2 Å². The minimum atomic E-state index is -0.0979. The Morgan fingerprint density at radius 1 is 1.24 bits per heavy atom. The molecule has 0 spiro atoms. The average molecular weight is 233 g/mol. The molecule has 4 heteroatoms. The molecule has 0 saturated carbocycles. The highest BCUT2D eigenvalue weighted by Gasteiger charge is 2.44. The van der Waals surface area contributed by atoms with E-state index in [1.807, 2.05) is 30.3 Å². The summed E-state index contributed by atoms with van der Waals surface area (Å²) >= 11 is 0. The Kier molecular flexibility index (Phi) is 2.84. The molecule has 2 aliphatic heterocycles. The first-order chi connectivity index (χ1) is 8.38. The van der Waals surface area contributed by atoms with Gasteiger partial charge in [0.05, 0.1) is 13.2 Å². The number of ether oxygens (including phenoxy) is 3. The Morgan fingerprint density at radius 2 is 2.06 bits per heavy atom. The molecule has 3 rings (SSSR count). The van der Waals surface area contributed by atoms with Crippen molar-refractivity contribution in [2.75, 3.05) is 25.6 Å². The van der Waals surface area contributed by atoms with Gasteiger partial charge in [-0.15, -0.1) is 0 Å². The second-order valence-electron chi connectivity index (χ2n) is 4.15. The average Bonchev–Trinajstić information content (AvgIpc) is 3.02.